The Bertz CT molecular complexity index is 2020. The van der Waals surface area contributed by atoms with Gasteiger partial charge < -0.3 is 33.8 Å². The van der Waals surface area contributed by atoms with Gasteiger partial charge in [-0.3, -0.25) is 37.3 Å². The van der Waals surface area contributed by atoms with Crippen LogP contribution in [0, 0.1) is 11.8 Å². The molecule has 100 heavy (non-hydrogen) atoms. The van der Waals surface area contributed by atoms with E-state index in [4.69, 9.17) is 37.0 Å². The van der Waals surface area contributed by atoms with Gasteiger partial charge in [-0.15, -0.1) is 0 Å². The Hall–Kier alpha value is -2.46. The second kappa shape index (κ2) is 72.1. The summed E-state index contributed by atoms with van der Waals surface area (Å²) in [5.74, 6) is -0.561. The number of rotatable bonds is 78. The predicted octanol–water partition coefficient (Wildman–Crippen LogP) is 23.8. The molecule has 0 heterocycles. The number of carbonyl (C=O) groups is 4. The molecule has 3 unspecified atom stereocenters. The molecule has 3 N–H and O–H groups in total. The van der Waals surface area contributed by atoms with E-state index in [0.29, 0.717) is 25.7 Å². The first-order chi connectivity index (χ1) is 48.4. The third kappa shape index (κ3) is 72.5. The molecule has 17 nitrogen and oxygen atoms in total. The van der Waals surface area contributed by atoms with Gasteiger partial charge in [0, 0.05) is 25.7 Å². The monoisotopic (exact) mass is 1460 g/mol. The molecular weight excluding hydrogens is 1310 g/mol. The molecular formula is C81H154O17P2. The lowest BCUT2D eigenvalue weighted by Crippen LogP contribution is -2.30. The minimum Gasteiger partial charge on any atom is -0.462 e. The highest BCUT2D eigenvalue weighted by Gasteiger charge is 2.30. The third-order valence-corrected chi connectivity index (χ3v) is 20.6. The lowest BCUT2D eigenvalue weighted by molar-refractivity contribution is -0.161. The number of allylic oxidation sites excluding steroid dienone is 4. The Morgan fingerprint density at radius 1 is 0.330 bits per heavy atom. The van der Waals surface area contributed by atoms with E-state index in [1.165, 1.54) is 199 Å². The molecule has 19 heteroatoms. The number of hydrogen-bond acceptors (Lipinski definition) is 15. The molecule has 6 atom stereocenters. The fourth-order valence-corrected chi connectivity index (χ4v) is 13.5. The zero-order chi connectivity index (χ0) is 73.5. The maximum absolute atomic E-state index is 13.1. The van der Waals surface area contributed by atoms with Crippen LogP contribution in [-0.4, -0.2) is 96.7 Å². The zero-order valence-corrected chi connectivity index (χ0v) is 66.8. The number of carbonyl (C=O) groups excluding carboxylic acids is 4. The van der Waals surface area contributed by atoms with Crippen LogP contribution in [0.25, 0.3) is 0 Å². The molecule has 0 aromatic carbocycles. The minimum absolute atomic E-state index is 0.101. The van der Waals surface area contributed by atoms with Gasteiger partial charge in [0.25, 0.3) is 0 Å². The maximum atomic E-state index is 13.1. The van der Waals surface area contributed by atoms with Crippen LogP contribution in [-0.2, 0) is 65.4 Å². The van der Waals surface area contributed by atoms with Gasteiger partial charge in [0.1, 0.15) is 19.3 Å². The third-order valence-electron chi connectivity index (χ3n) is 18.7. The number of phosphoric ester groups is 2. The highest BCUT2D eigenvalue weighted by molar-refractivity contribution is 7.47. The molecule has 0 aliphatic rings. The molecule has 0 saturated carbocycles. The van der Waals surface area contributed by atoms with Crippen molar-refractivity contribution in [3.05, 3.63) is 24.3 Å². The normalized spacial score (nSPS) is 14.3. The number of hydrogen-bond donors (Lipinski definition) is 3. The fraction of sp³-hybridized carbons (Fsp3) is 0.901. The highest BCUT2D eigenvalue weighted by Crippen LogP contribution is 2.45. The number of aliphatic hydroxyl groups is 1. The van der Waals surface area contributed by atoms with Crippen molar-refractivity contribution in [2.45, 2.75) is 419 Å². The molecule has 0 saturated heterocycles. The van der Waals surface area contributed by atoms with Gasteiger partial charge in [-0.2, -0.15) is 0 Å². The van der Waals surface area contributed by atoms with E-state index in [-0.39, 0.29) is 25.7 Å². The Morgan fingerprint density at radius 2 is 0.590 bits per heavy atom. The van der Waals surface area contributed by atoms with Crippen LogP contribution in [0.2, 0.25) is 0 Å². The SMILES string of the molecule is CCCCCC/C=C\C=C/CCCCCCCC(=O)OC[C@H](COP(=O)(O)OC[C@@H](O)COP(=O)(O)OC[C@@H](COC(=O)CCCCCCCCCCC(C)CC)OC(=O)CCCCCCCCCCCCCCCCC)OC(=O)CCCCCCCCCCCCCCCCCC(C)C. The van der Waals surface area contributed by atoms with Crippen LogP contribution in [0.15, 0.2) is 24.3 Å². The number of unbranched alkanes of at least 4 members (excludes halogenated alkanes) is 44. The number of aliphatic hydroxyl groups excluding tert-OH is 1. The van der Waals surface area contributed by atoms with Crippen molar-refractivity contribution in [2.75, 3.05) is 39.6 Å². The van der Waals surface area contributed by atoms with E-state index in [1.54, 1.807) is 0 Å². The van der Waals surface area contributed by atoms with Crippen LogP contribution in [0.4, 0.5) is 0 Å². The van der Waals surface area contributed by atoms with Gasteiger partial charge >= 0.3 is 39.5 Å². The smallest absolute Gasteiger partial charge is 0.462 e. The molecule has 0 aromatic heterocycles. The standard InChI is InChI=1S/C81H154O17P2/c1-7-10-12-14-16-18-20-22-25-30-34-38-45-51-57-63-78(83)91-69-76(97-80(85)66-60-54-48-40-36-32-28-24-27-29-33-37-43-49-55-61-73(4)5)71-95-99(87,88)93-67-75(82)68-94-100(89,90)96-72-77(70-92-79(84)64-58-52-46-42-41-44-50-56-62-74(6)9-3)98-81(86)65-59-53-47-39-35-31-26-23-21-19-17-15-13-11-8-2/h18,20,22,25,73-77,82H,7-17,19,21,23-24,26-72H2,1-6H3,(H,87,88)(H,89,90)/b20-18-,25-22-/t74?,75-,76-,77-/m1/s1. The maximum Gasteiger partial charge on any atom is 0.472 e. The van der Waals surface area contributed by atoms with Crippen LogP contribution in [0.5, 0.6) is 0 Å². The predicted molar refractivity (Wildman–Crippen MR) is 409 cm³/mol. The zero-order valence-electron chi connectivity index (χ0n) is 65.0. The topological polar surface area (TPSA) is 237 Å². The van der Waals surface area contributed by atoms with Crippen molar-refractivity contribution >= 4 is 39.5 Å². The number of esters is 4. The van der Waals surface area contributed by atoms with Crippen LogP contribution >= 0.6 is 15.6 Å². The van der Waals surface area contributed by atoms with Crippen molar-refractivity contribution < 1.29 is 80.2 Å². The van der Waals surface area contributed by atoms with E-state index in [1.807, 2.05) is 0 Å². The molecule has 0 bridgehead atoms. The second-order valence-electron chi connectivity index (χ2n) is 29.2. The van der Waals surface area contributed by atoms with Crippen LogP contribution in [0.3, 0.4) is 0 Å². The van der Waals surface area contributed by atoms with Gasteiger partial charge in [-0.05, 0) is 63.2 Å². The van der Waals surface area contributed by atoms with E-state index < -0.39 is 97.5 Å². The van der Waals surface area contributed by atoms with Gasteiger partial charge in [-0.25, -0.2) is 9.13 Å². The van der Waals surface area contributed by atoms with Crippen molar-refractivity contribution in [1.82, 2.24) is 0 Å². The summed E-state index contributed by atoms with van der Waals surface area (Å²) in [5, 5.41) is 10.6. The Balaban J connectivity index is 5.30. The molecule has 0 spiro atoms. The molecule has 0 aliphatic carbocycles. The summed E-state index contributed by atoms with van der Waals surface area (Å²) in [7, 11) is -9.93. The summed E-state index contributed by atoms with van der Waals surface area (Å²) in [6.45, 7) is 9.60. The molecule has 0 amide bonds. The average Bonchev–Trinajstić information content (AvgIpc) is 0.968. The summed E-state index contributed by atoms with van der Waals surface area (Å²) in [5.41, 5.74) is 0. The summed E-state index contributed by atoms with van der Waals surface area (Å²) < 4.78 is 68.7. The summed E-state index contributed by atoms with van der Waals surface area (Å²) >= 11 is 0. The van der Waals surface area contributed by atoms with Crippen molar-refractivity contribution in [3.8, 4) is 0 Å². The Kier molecular flexibility index (Phi) is 70.3. The fourth-order valence-electron chi connectivity index (χ4n) is 12.0. The van der Waals surface area contributed by atoms with Crippen molar-refractivity contribution in [2.24, 2.45) is 11.8 Å². The van der Waals surface area contributed by atoms with E-state index in [2.05, 4.69) is 65.8 Å². The van der Waals surface area contributed by atoms with Gasteiger partial charge in [0.2, 0.25) is 0 Å². The average molecular weight is 1460 g/mol. The number of ether oxygens (including phenoxy) is 4. The largest absolute Gasteiger partial charge is 0.472 e. The first kappa shape index (κ1) is 97.5. The Labute approximate surface area is 612 Å². The van der Waals surface area contributed by atoms with Crippen molar-refractivity contribution in [1.29, 1.82) is 0 Å². The Morgan fingerprint density at radius 3 is 0.900 bits per heavy atom. The second-order valence-corrected chi connectivity index (χ2v) is 32.1. The quantitative estimate of drug-likeness (QED) is 0.0169. The van der Waals surface area contributed by atoms with E-state index >= 15 is 0 Å². The highest BCUT2D eigenvalue weighted by atomic mass is 31.2. The summed E-state index contributed by atoms with van der Waals surface area (Å²) in [4.78, 5) is 73.0. The van der Waals surface area contributed by atoms with Crippen LogP contribution < -0.4 is 0 Å². The molecule has 590 valence electrons. The van der Waals surface area contributed by atoms with Gasteiger partial charge in [-0.1, -0.05) is 348 Å². The summed E-state index contributed by atoms with van der Waals surface area (Å²) in [6, 6.07) is 0. The van der Waals surface area contributed by atoms with Gasteiger partial charge in [0.15, 0.2) is 12.2 Å². The molecule has 0 aliphatic heterocycles. The van der Waals surface area contributed by atoms with Gasteiger partial charge in [0.05, 0.1) is 26.4 Å². The van der Waals surface area contributed by atoms with E-state index in [9.17, 15) is 43.2 Å². The molecule has 0 radical (unpaired) electrons. The van der Waals surface area contributed by atoms with Crippen LogP contribution in [0.1, 0.15) is 401 Å². The molecule has 0 fully saturated rings. The number of phosphoric acid groups is 2. The lowest BCUT2D eigenvalue weighted by atomic mass is 9.99. The summed E-state index contributed by atoms with van der Waals surface area (Å²) in [6.07, 6.45) is 64.5. The van der Waals surface area contributed by atoms with E-state index in [0.717, 1.165) is 121 Å². The van der Waals surface area contributed by atoms with Crippen molar-refractivity contribution in [3.63, 3.8) is 0 Å². The molecule has 0 rings (SSSR count). The minimum atomic E-state index is -4.97. The first-order valence-corrected chi connectivity index (χ1v) is 44.3. The molecule has 0 aromatic rings. The first-order valence-electron chi connectivity index (χ1n) is 41.3. The lowest BCUT2D eigenvalue weighted by Gasteiger charge is -2.21.